The Bertz CT molecular complexity index is 641. The lowest BCUT2D eigenvalue weighted by atomic mass is 10.1. The second-order valence-electron chi connectivity index (χ2n) is 4.14. The van der Waals surface area contributed by atoms with Crippen molar-refractivity contribution in [2.75, 3.05) is 0 Å². The first-order valence-electron chi connectivity index (χ1n) is 5.89. The molecule has 0 N–H and O–H groups in total. The number of hydrogen-bond acceptors (Lipinski definition) is 5. The van der Waals surface area contributed by atoms with Crippen LogP contribution in [0.15, 0.2) is 42.7 Å². The van der Waals surface area contributed by atoms with Crippen LogP contribution in [0.4, 0.5) is 5.69 Å². The van der Waals surface area contributed by atoms with Crippen molar-refractivity contribution in [1.29, 1.82) is 0 Å². The molecule has 6 heteroatoms. The fourth-order valence-electron chi connectivity index (χ4n) is 1.68. The number of nitro benzene ring substituents is 1. The van der Waals surface area contributed by atoms with Crippen LogP contribution in [0.25, 0.3) is 0 Å². The summed E-state index contributed by atoms with van der Waals surface area (Å²) in [6.07, 6.45) is 3.30. The van der Waals surface area contributed by atoms with Gasteiger partial charge in [-0.05, 0) is 19.1 Å². The summed E-state index contributed by atoms with van der Waals surface area (Å²) in [6.45, 7) is 1.59. The van der Waals surface area contributed by atoms with E-state index in [2.05, 4.69) is 4.98 Å². The number of carbonyl (C=O) groups excluding carboxylic acids is 1. The Labute approximate surface area is 115 Å². The molecule has 0 fully saturated rings. The molecule has 0 aliphatic rings. The first-order chi connectivity index (χ1) is 9.58. The molecule has 0 saturated heterocycles. The average Bonchev–Trinajstić information content (AvgIpc) is 2.45. The number of hydrogen-bond donors (Lipinski definition) is 0. The van der Waals surface area contributed by atoms with Crippen molar-refractivity contribution < 1.29 is 14.5 Å². The monoisotopic (exact) mass is 272 g/mol. The number of Topliss-reactive ketones (excluding diaryl/α,β-unsaturated/α-hetero) is 1. The van der Waals surface area contributed by atoms with Gasteiger partial charge in [-0.15, -0.1) is 0 Å². The van der Waals surface area contributed by atoms with E-state index < -0.39 is 4.92 Å². The maximum Gasteiger partial charge on any atom is 0.270 e. The molecular weight excluding hydrogens is 260 g/mol. The quantitative estimate of drug-likeness (QED) is 0.475. The molecule has 20 heavy (non-hydrogen) atoms. The standard InChI is InChI=1S/C14H12N2O4/c1-10(17)13-7-12(16(18)19)4-5-14(13)20-9-11-3-2-6-15-8-11/h2-8H,9H2,1H3. The first kappa shape index (κ1) is 13.7. The molecule has 0 radical (unpaired) electrons. The Morgan fingerprint density at radius 3 is 2.80 bits per heavy atom. The lowest BCUT2D eigenvalue weighted by Crippen LogP contribution is -2.03. The van der Waals surface area contributed by atoms with Gasteiger partial charge in [-0.1, -0.05) is 6.07 Å². The van der Waals surface area contributed by atoms with Crippen LogP contribution < -0.4 is 4.74 Å². The number of carbonyl (C=O) groups is 1. The highest BCUT2D eigenvalue weighted by Crippen LogP contribution is 2.25. The molecule has 1 aromatic heterocycles. The predicted octanol–water partition coefficient (Wildman–Crippen LogP) is 2.77. The van der Waals surface area contributed by atoms with Gasteiger partial charge in [0.1, 0.15) is 12.4 Å². The fourth-order valence-corrected chi connectivity index (χ4v) is 1.68. The molecule has 1 aromatic carbocycles. The van der Waals surface area contributed by atoms with E-state index in [-0.39, 0.29) is 23.6 Å². The average molecular weight is 272 g/mol. The summed E-state index contributed by atoms with van der Waals surface area (Å²) in [5.74, 6) is 0.0434. The van der Waals surface area contributed by atoms with Crippen LogP contribution in [0, 0.1) is 10.1 Å². The van der Waals surface area contributed by atoms with E-state index >= 15 is 0 Å². The van der Waals surface area contributed by atoms with Crippen molar-refractivity contribution in [1.82, 2.24) is 4.98 Å². The maximum atomic E-state index is 11.5. The molecule has 0 unspecified atom stereocenters. The number of pyridine rings is 1. The molecule has 102 valence electrons. The van der Waals surface area contributed by atoms with Gasteiger partial charge in [0.05, 0.1) is 10.5 Å². The van der Waals surface area contributed by atoms with Crippen LogP contribution >= 0.6 is 0 Å². The summed E-state index contributed by atoms with van der Waals surface area (Å²) in [5.41, 5.74) is 0.910. The lowest BCUT2D eigenvalue weighted by molar-refractivity contribution is -0.384. The number of nitro groups is 1. The summed E-state index contributed by atoms with van der Waals surface area (Å²) in [7, 11) is 0. The van der Waals surface area contributed by atoms with Gasteiger partial charge in [-0.25, -0.2) is 0 Å². The number of ether oxygens (including phenoxy) is 1. The Morgan fingerprint density at radius 1 is 1.40 bits per heavy atom. The van der Waals surface area contributed by atoms with Crippen molar-refractivity contribution in [2.45, 2.75) is 13.5 Å². The Balaban J connectivity index is 2.23. The largest absolute Gasteiger partial charge is 0.488 e. The highest BCUT2D eigenvalue weighted by Gasteiger charge is 2.15. The number of aromatic nitrogens is 1. The van der Waals surface area contributed by atoms with Gasteiger partial charge in [-0.3, -0.25) is 19.9 Å². The van der Waals surface area contributed by atoms with E-state index in [9.17, 15) is 14.9 Å². The van der Waals surface area contributed by atoms with Crippen molar-refractivity contribution >= 4 is 11.5 Å². The van der Waals surface area contributed by atoms with Crippen LogP contribution in [0.1, 0.15) is 22.8 Å². The molecule has 0 spiro atoms. The molecule has 2 rings (SSSR count). The molecule has 2 aromatic rings. The fraction of sp³-hybridized carbons (Fsp3) is 0.143. The van der Waals surface area contributed by atoms with Crippen LogP contribution in [0.2, 0.25) is 0 Å². The van der Waals surface area contributed by atoms with Crippen molar-refractivity contribution in [3.05, 3.63) is 64.0 Å². The third kappa shape index (κ3) is 3.17. The second-order valence-corrected chi connectivity index (χ2v) is 4.14. The summed E-state index contributed by atoms with van der Waals surface area (Å²) >= 11 is 0. The van der Waals surface area contributed by atoms with Crippen LogP contribution in [0.5, 0.6) is 5.75 Å². The van der Waals surface area contributed by atoms with E-state index in [1.807, 2.05) is 6.07 Å². The van der Waals surface area contributed by atoms with E-state index in [4.69, 9.17) is 4.74 Å². The number of benzene rings is 1. The Hall–Kier alpha value is -2.76. The third-order valence-electron chi connectivity index (χ3n) is 2.67. The molecule has 0 aliphatic heterocycles. The van der Waals surface area contributed by atoms with Gasteiger partial charge in [-0.2, -0.15) is 0 Å². The molecular formula is C14H12N2O4. The Morgan fingerprint density at radius 2 is 2.20 bits per heavy atom. The molecule has 1 heterocycles. The summed E-state index contributed by atoms with van der Waals surface area (Å²) in [5, 5.41) is 10.7. The zero-order chi connectivity index (χ0) is 14.5. The molecule has 0 aliphatic carbocycles. The van der Waals surface area contributed by atoms with Crippen LogP contribution in [0.3, 0.4) is 0 Å². The molecule has 0 bridgehead atoms. The zero-order valence-corrected chi connectivity index (χ0v) is 10.8. The second kappa shape index (κ2) is 5.92. The molecule has 0 amide bonds. The van der Waals surface area contributed by atoms with Gasteiger partial charge in [0, 0.05) is 30.1 Å². The highest BCUT2D eigenvalue weighted by atomic mass is 16.6. The topological polar surface area (TPSA) is 82.3 Å². The summed E-state index contributed by atoms with van der Waals surface area (Å²) in [4.78, 5) is 25.7. The SMILES string of the molecule is CC(=O)c1cc([N+](=O)[O-])ccc1OCc1cccnc1. The number of non-ortho nitro benzene ring substituents is 1. The van der Waals surface area contributed by atoms with Crippen molar-refractivity contribution in [3.8, 4) is 5.75 Å². The number of nitrogens with zero attached hydrogens (tertiary/aromatic N) is 2. The third-order valence-corrected chi connectivity index (χ3v) is 2.67. The minimum absolute atomic E-state index is 0.135. The normalized spacial score (nSPS) is 10.1. The number of rotatable bonds is 5. The molecule has 0 atom stereocenters. The van der Waals surface area contributed by atoms with Gasteiger partial charge in [0.15, 0.2) is 5.78 Å². The van der Waals surface area contributed by atoms with Gasteiger partial charge < -0.3 is 4.74 Å². The van der Waals surface area contributed by atoms with Gasteiger partial charge in [0.25, 0.3) is 5.69 Å². The lowest BCUT2D eigenvalue weighted by Gasteiger charge is -2.09. The number of ketones is 1. The smallest absolute Gasteiger partial charge is 0.270 e. The minimum Gasteiger partial charge on any atom is -0.488 e. The van der Waals surface area contributed by atoms with Gasteiger partial charge >= 0.3 is 0 Å². The van der Waals surface area contributed by atoms with E-state index in [0.29, 0.717) is 5.75 Å². The molecule has 6 nitrogen and oxygen atoms in total. The summed E-state index contributed by atoms with van der Waals surface area (Å²) < 4.78 is 5.54. The highest BCUT2D eigenvalue weighted by molar-refractivity contribution is 5.97. The van der Waals surface area contributed by atoms with E-state index in [1.54, 1.807) is 18.5 Å². The maximum absolute atomic E-state index is 11.5. The zero-order valence-electron chi connectivity index (χ0n) is 10.8. The minimum atomic E-state index is -0.544. The van der Waals surface area contributed by atoms with Crippen molar-refractivity contribution in [3.63, 3.8) is 0 Å². The predicted molar refractivity (Wildman–Crippen MR) is 71.7 cm³/mol. The van der Waals surface area contributed by atoms with Crippen LogP contribution in [-0.4, -0.2) is 15.7 Å². The Kier molecular flexibility index (Phi) is 4.05. The first-order valence-corrected chi connectivity index (χ1v) is 5.89. The van der Waals surface area contributed by atoms with Gasteiger partial charge in [0.2, 0.25) is 0 Å². The van der Waals surface area contributed by atoms with Crippen LogP contribution in [-0.2, 0) is 6.61 Å². The van der Waals surface area contributed by atoms with E-state index in [0.717, 1.165) is 5.56 Å². The van der Waals surface area contributed by atoms with Crippen molar-refractivity contribution in [2.24, 2.45) is 0 Å². The summed E-state index contributed by atoms with van der Waals surface area (Å²) in [6, 6.07) is 7.59. The molecule has 0 saturated carbocycles. The van der Waals surface area contributed by atoms with E-state index in [1.165, 1.54) is 25.1 Å².